The minimum absolute atomic E-state index is 0.0492. The summed E-state index contributed by atoms with van der Waals surface area (Å²) in [4.78, 5) is 0. The molecule has 0 aliphatic carbocycles. The number of benzene rings is 1. The third kappa shape index (κ3) is 4.67. The van der Waals surface area contributed by atoms with E-state index < -0.39 is 12.7 Å². The van der Waals surface area contributed by atoms with Crippen molar-refractivity contribution in [2.45, 2.75) is 12.7 Å². The van der Waals surface area contributed by atoms with Crippen molar-refractivity contribution in [1.29, 1.82) is 0 Å². The predicted octanol–water partition coefficient (Wildman–Crippen LogP) is 2.43. The maximum absolute atomic E-state index is 12.0. The molecule has 0 saturated heterocycles. The van der Waals surface area contributed by atoms with Gasteiger partial charge in [0.2, 0.25) is 0 Å². The van der Waals surface area contributed by atoms with Gasteiger partial charge in [0.15, 0.2) is 0 Å². The zero-order valence-electron chi connectivity index (χ0n) is 8.12. The van der Waals surface area contributed by atoms with E-state index in [4.69, 9.17) is 5.11 Å². The summed E-state index contributed by atoms with van der Waals surface area (Å²) in [7, 11) is 0. The average Bonchev–Trinajstić information content (AvgIpc) is 2.17. The number of halogens is 2. The van der Waals surface area contributed by atoms with Gasteiger partial charge in [-0.15, -0.1) is 0 Å². The molecule has 1 N–H and O–H groups in total. The lowest BCUT2D eigenvalue weighted by atomic mass is 10.1. The Balaban J connectivity index is 2.41. The molecule has 82 valence electrons. The highest BCUT2D eigenvalue weighted by Gasteiger charge is 2.24. The van der Waals surface area contributed by atoms with Crippen LogP contribution in [-0.4, -0.2) is 17.8 Å². The van der Waals surface area contributed by atoms with E-state index in [-0.39, 0.29) is 6.61 Å². The van der Waals surface area contributed by atoms with E-state index in [2.05, 4.69) is 11.3 Å². The van der Waals surface area contributed by atoms with Crippen molar-refractivity contribution in [3.63, 3.8) is 0 Å². The zero-order valence-corrected chi connectivity index (χ0v) is 8.12. The van der Waals surface area contributed by atoms with Gasteiger partial charge >= 0.3 is 6.11 Å². The monoisotopic (exact) mass is 214 g/mol. The van der Waals surface area contributed by atoms with E-state index in [1.54, 1.807) is 18.2 Å². The minimum Gasteiger partial charge on any atom is -0.368 e. The van der Waals surface area contributed by atoms with Crippen molar-refractivity contribution < 1.29 is 18.6 Å². The predicted molar refractivity (Wildman–Crippen MR) is 53.4 cm³/mol. The van der Waals surface area contributed by atoms with Gasteiger partial charge in [-0.2, -0.15) is 8.78 Å². The second-order valence-electron chi connectivity index (χ2n) is 3.10. The molecule has 1 rings (SSSR count). The van der Waals surface area contributed by atoms with Gasteiger partial charge in [0.1, 0.15) is 6.61 Å². The Morgan fingerprint density at radius 2 is 1.93 bits per heavy atom. The summed E-state index contributed by atoms with van der Waals surface area (Å²) in [5.74, 6) is 0. The molecule has 0 bridgehead atoms. The third-order valence-electron chi connectivity index (χ3n) is 1.76. The van der Waals surface area contributed by atoms with Crippen LogP contribution in [0.4, 0.5) is 8.78 Å². The molecule has 0 aliphatic heterocycles. The normalized spacial score (nSPS) is 11.4. The first-order chi connectivity index (χ1) is 7.01. The van der Waals surface area contributed by atoms with E-state index in [0.717, 1.165) is 11.1 Å². The summed E-state index contributed by atoms with van der Waals surface area (Å²) in [5.41, 5.74) is 1.72. The third-order valence-corrected chi connectivity index (χ3v) is 1.76. The molecule has 0 saturated carbocycles. The summed E-state index contributed by atoms with van der Waals surface area (Å²) in [5, 5.41) is 8.11. The van der Waals surface area contributed by atoms with Crippen LogP contribution in [0.5, 0.6) is 0 Å². The maximum Gasteiger partial charge on any atom is 0.376 e. The highest BCUT2D eigenvalue weighted by atomic mass is 19.3. The molecule has 1 aromatic rings. The Bertz CT molecular complexity index is 314. The van der Waals surface area contributed by atoms with Crippen molar-refractivity contribution in [2.75, 3.05) is 6.61 Å². The van der Waals surface area contributed by atoms with Crippen LogP contribution in [0.2, 0.25) is 0 Å². The second-order valence-corrected chi connectivity index (χ2v) is 3.10. The van der Waals surface area contributed by atoms with E-state index in [9.17, 15) is 8.78 Å². The van der Waals surface area contributed by atoms with Gasteiger partial charge in [0, 0.05) is 0 Å². The number of ether oxygens (including phenoxy) is 1. The zero-order chi connectivity index (χ0) is 11.3. The van der Waals surface area contributed by atoms with Crippen LogP contribution in [0, 0.1) is 0 Å². The number of rotatable bonds is 5. The molecule has 0 radical (unpaired) electrons. The van der Waals surface area contributed by atoms with Gasteiger partial charge in [0.05, 0.1) is 6.61 Å². The molecule has 0 fully saturated rings. The number of hydrogen-bond acceptors (Lipinski definition) is 2. The van der Waals surface area contributed by atoms with Gasteiger partial charge < -0.3 is 9.84 Å². The Morgan fingerprint density at radius 3 is 2.40 bits per heavy atom. The lowest BCUT2D eigenvalue weighted by Crippen LogP contribution is -2.22. The molecule has 0 aromatic heterocycles. The highest BCUT2D eigenvalue weighted by Crippen LogP contribution is 2.11. The van der Waals surface area contributed by atoms with Crippen LogP contribution in [-0.2, 0) is 11.3 Å². The van der Waals surface area contributed by atoms with Gasteiger partial charge in [-0.05, 0) is 11.1 Å². The molecule has 0 spiro atoms. The fourth-order valence-corrected chi connectivity index (χ4v) is 1.04. The standard InChI is InChI=1S/C11H12F2O2/c1-2-9-3-5-10(6-4-9)7-15-8-11(12,13)14/h2-6,14H,1,7-8H2. The van der Waals surface area contributed by atoms with Crippen molar-refractivity contribution in [3.05, 3.63) is 42.0 Å². The minimum atomic E-state index is -3.76. The summed E-state index contributed by atoms with van der Waals surface area (Å²) in [6, 6.07) is 7.13. The van der Waals surface area contributed by atoms with Crippen LogP contribution >= 0.6 is 0 Å². The Kier molecular flexibility index (Phi) is 3.94. The molecule has 0 aliphatic rings. The summed E-state index contributed by atoms with van der Waals surface area (Å²) >= 11 is 0. The number of alkyl halides is 2. The van der Waals surface area contributed by atoms with Crippen LogP contribution in [0.3, 0.4) is 0 Å². The quantitative estimate of drug-likeness (QED) is 0.815. The fraction of sp³-hybridized carbons (Fsp3) is 0.273. The van der Waals surface area contributed by atoms with Crippen LogP contribution in [0.15, 0.2) is 30.8 Å². The molecule has 0 unspecified atom stereocenters. The first kappa shape index (κ1) is 11.8. The first-order valence-corrected chi connectivity index (χ1v) is 4.40. The number of aliphatic hydroxyl groups is 1. The van der Waals surface area contributed by atoms with Crippen LogP contribution < -0.4 is 0 Å². The maximum atomic E-state index is 12.0. The molecular formula is C11H12F2O2. The Hall–Kier alpha value is -1.26. The molecule has 4 heteroatoms. The van der Waals surface area contributed by atoms with Crippen molar-refractivity contribution in [2.24, 2.45) is 0 Å². The van der Waals surface area contributed by atoms with E-state index in [1.807, 2.05) is 12.1 Å². The van der Waals surface area contributed by atoms with Gasteiger partial charge in [-0.25, -0.2) is 0 Å². The smallest absolute Gasteiger partial charge is 0.368 e. The molecule has 0 amide bonds. The summed E-state index contributed by atoms with van der Waals surface area (Å²) in [6.07, 6.45) is -2.08. The van der Waals surface area contributed by atoms with E-state index in [0.29, 0.717) is 0 Å². The number of hydrogen-bond donors (Lipinski definition) is 1. The molecule has 15 heavy (non-hydrogen) atoms. The summed E-state index contributed by atoms with van der Waals surface area (Å²) < 4.78 is 28.6. The lowest BCUT2D eigenvalue weighted by molar-refractivity contribution is -0.233. The highest BCUT2D eigenvalue weighted by molar-refractivity contribution is 5.47. The molecule has 1 aromatic carbocycles. The van der Waals surface area contributed by atoms with Crippen molar-refractivity contribution in [1.82, 2.24) is 0 Å². The largest absolute Gasteiger partial charge is 0.376 e. The van der Waals surface area contributed by atoms with Crippen molar-refractivity contribution >= 4 is 6.08 Å². The topological polar surface area (TPSA) is 29.5 Å². The van der Waals surface area contributed by atoms with Crippen molar-refractivity contribution in [3.8, 4) is 0 Å². The molecule has 0 atom stereocenters. The van der Waals surface area contributed by atoms with Gasteiger partial charge in [-0.3, -0.25) is 0 Å². The van der Waals surface area contributed by atoms with Crippen LogP contribution in [0.1, 0.15) is 11.1 Å². The first-order valence-electron chi connectivity index (χ1n) is 4.40. The summed E-state index contributed by atoms with van der Waals surface area (Å²) in [6.45, 7) is 2.65. The SMILES string of the molecule is C=Cc1ccc(COCC(O)(F)F)cc1. The fourth-order valence-electron chi connectivity index (χ4n) is 1.04. The molecule has 2 nitrogen and oxygen atoms in total. The second kappa shape index (κ2) is 5.00. The van der Waals surface area contributed by atoms with E-state index >= 15 is 0 Å². The molecule has 0 heterocycles. The van der Waals surface area contributed by atoms with E-state index in [1.165, 1.54) is 0 Å². The Labute approximate surface area is 86.8 Å². The molecular weight excluding hydrogens is 202 g/mol. The average molecular weight is 214 g/mol. The lowest BCUT2D eigenvalue weighted by Gasteiger charge is -2.09. The Morgan fingerprint density at radius 1 is 1.33 bits per heavy atom. The van der Waals surface area contributed by atoms with Gasteiger partial charge in [0.25, 0.3) is 0 Å². The van der Waals surface area contributed by atoms with Crippen LogP contribution in [0.25, 0.3) is 6.08 Å². The van der Waals surface area contributed by atoms with Gasteiger partial charge in [-0.1, -0.05) is 36.9 Å².